The molecule has 90 valence electrons. The Morgan fingerprint density at radius 1 is 0.944 bits per heavy atom. The molecule has 18 heavy (non-hydrogen) atoms. The fourth-order valence-corrected chi connectivity index (χ4v) is 2.31. The van der Waals surface area contributed by atoms with Crippen molar-refractivity contribution in [3.05, 3.63) is 72.1 Å². The first-order valence-electron chi connectivity index (χ1n) is 6.04. The van der Waals surface area contributed by atoms with Gasteiger partial charge in [0.15, 0.2) is 0 Å². The van der Waals surface area contributed by atoms with E-state index in [2.05, 4.69) is 18.2 Å². The standard InChI is InChI=1S/C16H15NO/c1-17-10-4-7-15(17)16(18)14-9-8-12-5-2-3-6-13(12)11-14/h2-11,16,18H,1H3. The lowest BCUT2D eigenvalue weighted by Gasteiger charge is -2.13. The molecular weight excluding hydrogens is 222 g/mol. The zero-order chi connectivity index (χ0) is 12.5. The Morgan fingerprint density at radius 2 is 1.72 bits per heavy atom. The molecule has 0 fully saturated rings. The highest BCUT2D eigenvalue weighted by molar-refractivity contribution is 5.83. The fourth-order valence-electron chi connectivity index (χ4n) is 2.31. The van der Waals surface area contributed by atoms with Crippen molar-refractivity contribution >= 4 is 10.8 Å². The van der Waals surface area contributed by atoms with E-state index >= 15 is 0 Å². The number of rotatable bonds is 2. The molecule has 0 spiro atoms. The SMILES string of the molecule is Cn1cccc1C(O)c1ccc2ccccc2c1. The van der Waals surface area contributed by atoms with Crippen molar-refractivity contribution in [2.24, 2.45) is 7.05 Å². The Balaban J connectivity index is 2.07. The van der Waals surface area contributed by atoms with Crippen LogP contribution in [0, 0.1) is 0 Å². The molecule has 0 saturated heterocycles. The van der Waals surface area contributed by atoms with E-state index in [4.69, 9.17) is 0 Å². The summed E-state index contributed by atoms with van der Waals surface area (Å²) in [6.45, 7) is 0. The van der Waals surface area contributed by atoms with Crippen LogP contribution in [-0.4, -0.2) is 9.67 Å². The highest BCUT2D eigenvalue weighted by Crippen LogP contribution is 2.25. The molecule has 0 aliphatic heterocycles. The van der Waals surface area contributed by atoms with Gasteiger partial charge in [-0.3, -0.25) is 0 Å². The summed E-state index contributed by atoms with van der Waals surface area (Å²) in [7, 11) is 1.94. The molecule has 0 saturated carbocycles. The smallest absolute Gasteiger partial charge is 0.119 e. The number of nitrogens with zero attached hydrogens (tertiary/aromatic N) is 1. The van der Waals surface area contributed by atoms with Gasteiger partial charge in [0.25, 0.3) is 0 Å². The maximum absolute atomic E-state index is 10.4. The van der Waals surface area contributed by atoms with Crippen molar-refractivity contribution in [3.63, 3.8) is 0 Å². The van der Waals surface area contributed by atoms with Gasteiger partial charge < -0.3 is 9.67 Å². The third-order valence-corrected chi connectivity index (χ3v) is 3.35. The highest BCUT2D eigenvalue weighted by atomic mass is 16.3. The van der Waals surface area contributed by atoms with Crippen LogP contribution in [0.5, 0.6) is 0 Å². The number of benzene rings is 2. The van der Waals surface area contributed by atoms with Crippen LogP contribution in [0.2, 0.25) is 0 Å². The van der Waals surface area contributed by atoms with Crippen LogP contribution in [0.25, 0.3) is 10.8 Å². The molecule has 1 aromatic heterocycles. The van der Waals surface area contributed by atoms with Gasteiger partial charge in [0.05, 0.1) is 5.69 Å². The number of aryl methyl sites for hydroxylation is 1. The lowest BCUT2D eigenvalue weighted by atomic mass is 10.0. The molecule has 1 N–H and O–H groups in total. The maximum atomic E-state index is 10.4. The van der Waals surface area contributed by atoms with Crippen LogP contribution in [0.1, 0.15) is 17.4 Å². The van der Waals surface area contributed by atoms with E-state index in [1.165, 1.54) is 5.39 Å². The lowest BCUT2D eigenvalue weighted by Crippen LogP contribution is -2.04. The predicted octanol–water partition coefficient (Wildman–Crippen LogP) is 3.26. The third kappa shape index (κ3) is 1.81. The van der Waals surface area contributed by atoms with Gasteiger partial charge in [0.1, 0.15) is 6.10 Å². The first kappa shape index (κ1) is 11.1. The first-order valence-corrected chi connectivity index (χ1v) is 6.04. The van der Waals surface area contributed by atoms with Gasteiger partial charge in [-0.1, -0.05) is 36.4 Å². The van der Waals surface area contributed by atoms with Crippen LogP contribution >= 0.6 is 0 Å². The van der Waals surface area contributed by atoms with E-state index in [0.717, 1.165) is 16.6 Å². The summed E-state index contributed by atoms with van der Waals surface area (Å²) in [5.74, 6) is 0. The number of fused-ring (bicyclic) bond motifs is 1. The summed E-state index contributed by atoms with van der Waals surface area (Å²) < 4.78 is 1.94. The molecule has 1 heterocycles. The fraction of sp³-hybridized carbons (Fsp3) is 0.125. The molecule has 3 aromatic rings. The van der Waals surface area contributed by atoms with Gasteiger partial charge >= 0.3 is 0 Å². The van der Waals surface area contributed by atoms with E-state index in [-0.39, 0.29) is 0 Å². The van der Waals surface area contributed by atoms with Gasteiger partial charge in [-0.25, -0.2) is 0 Å². The second kappa shape index (κ2) is 4.31. The number of aromatic nitrogens is 1. The predicted molar refractivity (Wildman–Crippen MR) is 73.4 cm³/mol. The monoisotopic (exact) mass is 237 g/mol. The van der Waals surface area contributed by atoms with Crippen molar-refractivity contribution in [2.45, 2.75) is 6.10 Å². The Bertz CT molecular complexity index is 684. The molecule has 0 aliphatic rings. The van der Waals surface area contributed by atoms with E-state index in [9.17, 15) is 5.11 Å². The zero-order valence-electron chi connectivity index (χ0n) is 10.2. The number of aliphatic hydroxyl groups excluding tert-OH is 1. The van der Waals surface area contributed by atoms with Gasteiger partial charge in [0, 0.05) is 13.2 Å². The highest BCUT2D eigenvalue weighted by Gasteiger charge is 2.13. The van der Waals surface area contributed by atoms with Crippen LogP contribution in [0.4, 0.5) is 0 Å². The molecule has 0 radical (unpaired) electrons. The van der Waals surface area contributed by atoms with Crippen molar-refractivity contribution < 1.29 is 5.11 Å². The quantitative estimate of drug-likeness (QED) is 0.727. The molecule has 0 aliphatic carbocycles. The van der Waals surface area contributed by atoms with E-state index in [0.29, 0.717) is 0 Å². The summed E-state index contributed by atoms with van der Waals surface area (Å²) in [6.07, 6.45) is 1.37. The topological polar surface area (TPSA) is 25.2 Å². The van der Waals surface area contributed by atoms with Crippen molar-refractivity contribution in [2.75, 3.05) is 0 Å². The molecule has 2 heteroatoms. The molecular formula is C16H15NO. The number of aliphatic hydroxyl groups is 1. The molecule has 1 atom stereocenters. The van der Waals surface area contributed by atoms with Crippen LogP contribution in [0.15, 0.2) is 60.8 Å². The lowest BCUT2D eigenvalue weighted by molar-refractivity contribution is 0.211. The average molecular weight is 237 g/mol. The van der Waals surface area contributed by atoms with Crippen LogP contribution in [0.3, 0.4) is 0 Å². The Kier molecular flexibility index (Phi) is 2.65. The molecule has 1 unspecified atom stereocenters. The summed E-state index contributed by atoms with van der Waals surface area (Å²) in [5.41, 5.74) is 1.83. The second-order valence-electron chi connectivity index (χ2n) is 4.55. The van der Waals surface area contributed by atoms with Crippen molar-refractivity contribution in [3.8, 4) is 0 Å². The molecule has 0 bridgehead atoms. The van der Waals surface area contributed by atoms with E-state index < -0.39 is 6.10 Å². The Labute approximate surface area is 106 Å². The normalized spacial score (nSPS) is 12.8. The average Bonchev–Trinajstić information content (AvgIpc) is 2.83. The molecule has 0 amide bonds. The number of hydrogen-bond donors (Lipinski definition) is 1. The minimum atomic E-state index is -0.574. The minimum absolute atomic E-state index is 0.574. The van der Waals surface area contributed by atoms with Gasteiger partial charge in [0.2, 0.25) is 0 Å². The summed E-state index contributed by atoms with van der Waals surface area (Å²) in [5, 5.41) is 12.8. The third-order valence-electron chi connectivity index (χ3n) is 3.35. The largest absolute Gasteiger partial charge is 0.382 e. The van der Waals surface area contributed by atoms with Gasteiger partial charge in [-0.2, -0.15) is 0 Å². The maximum Gasteiger partial charge on any atom is 0.119 e. The van der Waals surface area contributed by atoms with Crippen LogP contribution in [-0.2, 0) is 7.05 Å². The molecule has 2 aromatic carbocycles. The van der Waals surface area contributed by atoms with Gasteiger partial charge in [-0.15, -0.1) is 0 Å². The van der Waals surface area contributed by atoms with E-state index in [1.54, 1.807) is 0 Å². The summed E-state index contributed by atoms with van der Waals surface area (Å²) in [4.78, 5) is 0. The van der Waals surface area contributed by atoms with Gasteiger partial charge in [-0.05, 0) is 34.5 Å². The first-order chi connectivity index (χ1) is 8.75. The Morgan fingerprint density at radius 3 is 2.44 bits per heavy atom. The van der Waals surface area contributed by atoms with Crippen LogP contribution < -0.4 is 0 Å². The minimum Gasteiger partial charge on any atom is -0.382 e. The summed E-state index contributed by atoms with van der Waals surface area (Å²) in [6, 6.07) is 18.2. The zero-order valence-corrected chi connectivity index (χ0v) is 10.2. The van der Waals surface area contributed by atoms with Crippen molar-refractivity contribution in [1.82, 2.24) is 4.57 Å². The Hall–Kier alpha value is -2.06. The summed E-state index contributed by atoms with van der Waals surface area (Å²) >= 11 is 0. The van der Waals surface area contributed by atoms with Crippen molar-refractivity contribution in [1.29, 1.82) is 0 Å². The second-order valence-corrected chi connectivity index (χ2v) is 4.55. The van der Waals surface area contributed by atoms with E-state index in [1.807, 2.05) is 54.2 Å². The number of hydrogen-bond acceptors (Lipinski definition) is 1. The molecule has 2 nitrogen and oxygen atoms in total. The molecule has 3 rings (SSSR count).